The number of carboxylic acids is 1. The molecule has 0 aliphatic rings. The number of aliphatic hydroxyl groups is 1. The molecule has 96 valence electrons. The first kappa shape index (κ1) is 15.3. The molecule has 16 heavy (non-hydrogen) atoms. The van der Waals surface area contributed by atoms with Crippen LogP contribution in [0.2, 0.25) is 0 Å². The van der Waals surface area contributed by atoms with Gasteiger partial charge in [-0.15, -0.1) is 0 Å². The lowest BCUT2D eigenvalue weighted by Gasteiger charge is -2.18. The van der Waals surface area contributed by atoms with E-state index in [1.165, 1.54) is 0 Å². The molecule has 0 fully saturated rings. The van der Waals surface area contributed by atoms with E-state index >= 15 is 0 Å². The molecule has 0 heterocycles. The minimum absolute atomic E-state index is 0.0385. The Morgan fingerprint density at radius 3 is 2.25 bits per heavy atom. The van der Waals surface area contributed by atoms with Crippen LogP contribution in [0.5, 0.6) is 0 Å². The summed E-state index contributed by atoms with van der Waals surface area (Å²) in [5, 5.41) is 17.3. The standard InChI is InChI=1S/C9H19NO5S/c1-9(2,3)6-16(14,15)10-5-4-7(11)8(12)13/h7,10-11H,4-6H2,1-3H3,(H,12,13)/t7-/m0/s1. The van der Waals surface area contributed by atoms with Crippen molar-refractivity contribution >= 4 is 16.0 Å². The van der Waals surface area contributed by atoms with Gasteiger partial charge in [0.2, 0.25) is 10.0 Å². The fourth-order valence-corrected chi connectivity index (χ4v) is 2.77. The molecule has 0 unspecified atom stereocenters. The van der Waals surface area contributed by atoms with Crippen molar-refractivity contribution < 1.29 is 23.4 Å². The minimum Gasteiger partial charge on any atom is -0.479 e. The predicted molar refractivity (Wildman–Crippen MR) is 59.5 cm³/mol. The third kappa shape index (κ3) is 7.61. The second-order valence-corrected chi connectivity index (χ2v) is 6.66. The van der Waals surface area contributed by atoms with Gasteiger partial charge >= 0.3 is 5.97 Å². The highest BCUT2D eigenvalue weighted by atomic mass is 32.2. The minimum atomic E-state index is -3.41. The van der Waals surface area contributed by atoms with Crippen LogP contribution in [0.3, 0.4) is 0 Å². The average Bonchev–Trinajstić information content (AvgIpc) is 1.98. The molecule has 0 amide bonds. The van der Waals surface area contributed by atoms with E-state index in [2.05, 4.69) is 4.72 Å². The molecule has 3 N–H and O–H groups in total. The van der Waals surface area contributed by atoms with Crippen LogP contribution >= 0.6 is 0 Å². The van der Waals surface area contributed by atoms with E-state index < -0.39 is 22.1 Å². The topological polar surface area (TPSA) is 104 Å². The van der Waals surface area contributed by atoms with Crippen LogP contribution in [0, 0.1) is 5.41 Å². The van der Waals surface area contributed by atoms with Crippen molar-refractivity contribution in [2.75, 3.05) is 12.3 Å². The number of aliphatic hydroxyl groups excluding tert-OH is 1. The Kier molecular flexibility index (Phi) is 5.37. The average molecular weight is 253 g/mol. The monoisotopic (exact) mass is 253 g/mol. The molecule has 0 saturated carbocycles. The first-order valence-corrected chi connectivity index (χ1v) is 6.57. The number of rotatable bonds is 6. The van der Waals surface area contributed by atoms with Gasteiger partial charge in [0.1, 0.15) is 0 Å². The molecule has 0 saturated heterocycles. The van der Waals surface area contributed by atoms with Gasteiger partial charge < -0.3 is 10.2 Å². The first-order valence-electron chi connectivity index (χ1n) is 4.92. The molecule has 0 aromatic heterocycles. The van der Waals surface area contributed by atoms with Gasteiger partial charge in [-0.1, -0.05) is 20.8 Å². The van der Waals surface area contributed by atoms with Crippen molar-refractivity contribution in [2.24, 2.45) is 5.41 Å². The van der Waals surface area contributed by atoms with Gasteiger partial charge in [0.15, 0.2) is 6.10 Å². The first-order chi connectivity index (χ1) is 7.03. The molecule has 0 aromatic rings. The summed E-state index contributed by atoms with van der Waals surface area (Å²) >= 11 is 0. The van der Waals surface area contributed by atoms with Crippen molar-refractivity contribution in [1.82, 2.24) is 4.72 Å². The number of hydrogen-bond donors (Lipinski definition) is 3. The molecule has 0 rings (SSSR count). The normalized spacial score (nSPS) is 14.8. The van der Waals surface area contributed by atoms with E-state index in [1.54, 1.807) is 20.8 Å². The number of aliphatic carboxylic acids is 1. The molecule has 0 aromatic carbocycles. The molecule has 0 aliphatic carbocycles. The summed E-state index contributed by atoms with van der Waals surface area (Å²) < 4.78 is 25.2. The fraction of sp³-hybridized carbons (Fsp3) is 0.889. The summed E-state index contributed by atoms with van der Waals surface area (Å²) in [5.74, 6) is -1.39. The second-order valence-electron chi connectivity index (χ2n) is 4.86. The molecule has 0 spiro atoms. The maximum absolute atomic E-state index is 11.5. The van der Waals surface area contributed by atoms with E-state index in [1.807, 2.05) is 0 Å². The summed E-state index contributed by atoms with van der Waals surface area (Å²) in [6.45, 7) is 5.29. The van der Waals surface area contributed by atoms with Gasteiger partial charge in [-0.25, -0.2) is 17.9 Å². The highest BCUT2D eigenvalue weighted by Gasteiger charge is 2.21. The quantitative estimate of drug-likeness (QED) is 0.607. The van der Waals surface area contributed by atoms with Crippen molar-refractivity contribution in [3.63, 3.8) is 0 Å². The third-order valence-corrected chi connectivity index (χ3v) is 3.54. The lowest BCUT2D eigenvalue weighted by molar-refractivity contribution is -0.146. The van der Waals surface area contributed by atoms with Crippen LogP contribution in [-0.4, -0.2) is 43.0 Å². The van der Waals surface area contributed by atoms with Crippen molar-refractivity contribution in [1.29, 1.82) is 0 Å². The summed E-state index contributed by atoms with van der Waals surface area (Å²) in [4.78, 5) is 10.3. The van der Waals surface area contributed by atoms with E-state index in [9.17, 15) is 13.2 Å². The Morgan fingerprint density at radius 1 is 1.38 bits per heavy atom. The van der Waals surface area contributed by atoms with Gasteiger partial charge in [-0.05, 0) is 11.8 Å². The zero-order valence-electron chi connectivity index (χ0n) is 9.73. The van der Waals surface area contributed by atoms with Gasteiger partial charge in [-0.3, -0.25) is 0 Å². The maximum Gasteiger partial charge on any atom is 0.332 e. The van der Waals surface area contributed by atoms with E-state index in [4.69, 9.17) is 10.2 Å². The summed E-state index contributed by atoms with van der Waals surface area (Å²) in [6.07, 6.45) is -1.67. The number of hydrogen-bond acceptors (Lipinski definition) is 4. The maximum atomic E-state index is 11.5. The van der Waals surface area contributed by atoms with Crippen LogP contribution in [0.4, 0.5) is 0 Å². The Labute approximate surface area is 95.7 Å². The number of nitrogens with one attached hydrogen (secondary N) is 1. The van der Waals surface area contributed by atoms with Gasteiger partial charge in [-0.2, -0.15) is 0 Å². The van der Waals surface area contributed by atoms with Crippen molar-refractivity contribution in [2.45, 2.75) is 33.3 Å². The molecule has 0 aliphatic heterocycles. The summed E-state index contributed by atoms with van der Waals surface area (Å²) in [6, 6.07) is 0. The largest absolute Gasteiger partial charge is 0.479 e. The molecular formula is C9H19NO5S. The highest BCUT2D eigenvalue weighted by Crippen LogP contribution is 2.15. The van der Waals surface area contributed by atoms with Crippen LogP contribution in [0.1, 0.15) is 27.2 Å². The van der Waals surface area contributed by atoms with Crippen LogP contribution in [-0.2, 0) is 14.8 Å². The third-order valence-electron chi connectivity index (χ3n) is 1.65. The fourth-order valence-electron chi connectivity index (χ4n) is 1.10. The lowest BCUT2D eigenvalue weighted by Crippen LogP contribution is -2.35. The number of sulfonamides is 1. The Morgan fingerprint density at radius 2 is 1.88 bits per heavy atom. The van der Waals surface area contributed by atoms with Crippen LogP contribution in [0.15, 0.2) is 0 Å². The van der Waals surface area contributed by atoms with Crippen LogP contribution < -0.4 is 4.72 Å². The van der Waals surface area contributed by atoms with Gasteiger partial charge in [0.25, 0.3) is 0 Å². The van der Waals surface area contributed by atoms with E-state index in [0.717, 1.165) is 0 Å². The Hall–Kier alpha value is -0.660. The van der Waals surface area contributed by atoms with Crippen LogP contribution in [0.25, 0.3) is 0 Å². The molecule has 6 nitrogen and oxygen atoms in total. The lowest BCUT2D eigenvalue weighted by atomic mass is 10.0. The predicted octanol–water partition coefficient (Wildman–Crippen LogP) is -0.212. The zero-order chi connectivity index (χ0) is 13.0. The van der Waals surface area contributed by atoms with Gasteiger partial charge in [0, 0.05) is 6.54 Å². The second kappa shape index (κ2) is 5.60. The molecule has 1 atom stereocenters. The Bertz CT molecular complexity index is 330. The van der Waals surface area contributed by atoms with Crippen molar-refractivity contribution in [3.8, 4) is 0 Å². The SMILES string of the molecule is CC(C)(C)CS(=O)(=O)NCC[C@H](O)C(=O)O. The number of carbonyl (C=O) groups is 1. The summed E-state index contributed by atoms with van der Waals surface area (Å²) in [7, 11) is -3.41. The molecule has 7 heteroatoms. The number of carboxylic acid groups (broad SMARTS) is 1. The highest BCUT2D eigenvalue weighted by molar-refractivity contribution is 7.89. The zero-order valence-corrected chi connectivity index (χ0v) is 10.5. The molecule has 0 radical (unpaired) electrons. The summed E-state index contributed by atoms with van der Waals surface area (Å²) in [5.41, 5.74) is -0.364. The van der Waals surface area contributed by atoms with Crippen molar-refractivity contribution in [3.05, 3.63) is 0 Å². The molecule has 0 bridgehead atoms. The van der Waals surface area contributed by atoms with Gasteiger partial charge in [0.05, 0.1) is 5.75 Å². The van der Waals surface area contributed by atoms with E-state index in [0.29, 0.717) is 0 Å². The van der Waals surface area contributed by atoms with E-state index in [-0.39, 0.29) is 24.1 Å². The smallest absolute Gasteiger partial charge is 0.332 e. The Balaban J connectivity index is 4.07. The molecular weight excluding hydrogens is 234 g/mol.